The van der Waals surface area contributed by atoms with Crippen LogP contribution in [0.5, 0.6) is 0 Å². The second-order valence-electron chi connectivity index (χ2n) is 4.98. The van der Waals surface area contributed by atoms with E-state index in [1.54, 1.807) is 0 Å². The van der Waals surface area contributed by atoms with Gasteiger partial charge in [-0.1, -0.05) is 61.8 Å². The molecule has 0 saturated heterocycles. The van der Waals surface area contributed by atoms with Crippen LogP contribution in [0.15, 0.2) is 48.5 Å². The lowest BCUT2D eigenvalue weighted by Gasteiger charge is -2.17. The molecule has 0 amide bonds. The molecule has 0 atom stereocenters. The first-order valence-electron chi connectivity index (χ1n) is 7.30. The van der Waals surface area contributed by atoms with Crippen LogP contribution in [0.2, 0.25) is 5.02 Å². The Hall–Kier alpha value is -1.31. The van der Waals surface area contributed by atoms with E-state index in [0.717, 1.165) is 31.1 Å². The monoisotopic (exact) mass is 287 g/mol. The molecule has 0 aliphatic carbocycles. The van der Waals surface area contributed by atoms with E-state index in [1.807, 2.05) is 12.1 Å². The fourth-order valence-electron chi connectivity index (χ4n) is 2.38. The number of hydrogen-bond donors (Lipinski definition) is 0. The van der Waals surface area contributed by atoms with Crippen LogP contribution in [-0.4, -0.2) is 24.5 Å². The van der Waals surface area contributed by atoms with Crippen LogP contribution in [0.25, 0.3) is 11.1 Å². The van der Waals surface area contributed by atoms with Crippen LogP contribution in [0.1, 0.15) is 19.4 Å². The third-order valence-corrected chi connectivity index (χ3v) is 3.97. The van der Waals surface area contributed by atoms with Gasteiger partial charge >= 0.3 is 0 Å². The molecule has 0 radical (unpaired) electrons. The molecule has 0 aromatic heterocycles. The summed E-state index contributed by atoms with van der Waals surface area (Å²) in [5, 5.41) is 0.784. The lowest BCUT2D eigenvalue weighted by molar-refractivity contribution is 0.308. The minimum Gasteiger partial charge on any atom is -0.304 e. The summed E-state index contributed by atoms with van der Waals surface area (Å²) in [7, 11) is 0. The van der Waals surface area contributed by atoms with Crippen molar-refractivity contribution in [2.24, 2.45) is 0 Å². The highest BCUT2D eigenvalue weighted by atomic mass is 35.5. The third kappa shape index (κ3) is 4.09. The second-order valence-corrected chi connectivity index (χ2v) is 5.42. The fourth-order valence-corrected chi connectivity index (χ4v) is 2.50. The highest BCUT2D eigenvalue weighted by Crippen LogP contribution is 2.22. The fraction of sp³-hybridized carbons (Fsp3) is 0.333. The molecule has 1 nitrogen and oxygen atoms in total. The minimum absolute atomic E-state index is 0.784. The molecule has 2 aromatic carbocycles. The zero-order valence-corrected chi connectivity index (χ0v) is 13.0. The molecule has 0 aliphatic rings. The summed E-state index contributed by atoms with van der Waals surface area (Å²) >= 11 is 5.94. The van der Waals surface area contributed by atoms with Crippen molar-refractivity contribution in [3.8, 4) is 11.1 Å². The van der Waals surface area contributed by atoms with E-state index in [-0.39, 0.29) is 0 Å². The van der Waals surface area contributed by atoms with E-state index in [2.05, 4.69) is 55.1 Å². The zero-order chi connectivity index (χ0) is 14.4. The van der Waals surface area contributed by atoms with Gasteiger partial charge in [-0.15, -0.1) is 0 Å². The molecule has 0 unspecified atom stereocenters. The largest absolute Gasteiger partial charge is 0.304 e. The predicted molar refractivity (Wildman–Crippen MR) is 88.4 cm³/mol. The van der Waals surface area contributed by atoms with Gasteiger partial charge in [0.1, 0.15) is 0 Å². The maximum atomic E-state index is 5.94. The Balaban J connectivity index is 2.09. The lowest BCUT2D eigenvalue weighted by atomic mass is 10.0. The van der Waals surface area contributed by atoms with Crippen molar-refractivity contribution in [1.29, 1.82) is 0 Å². The molecule has 2 heteroatoms. The Bertz CT molecular complexity index is 529. The van der Waals surface area contributed by atoms with Gasteiger partial charge in [-0.2, -0.15) is 0 Å². The summed E-state index contributed by atoms with van der Waals surface area (Å²) in [4.78, 5) is 2.45. The van der Waals surface area contributed by atoms with Gasteiger partial charge in [0.25, 0.3) is 0 Å². The highest BCUT2D eigenvalue weighted by molar-refractivity contribution is 6.30. The normalized spacial score (nSPS) is 11.0. The van der Waals surface area contributed by atoms with Gasteiger partial charge in [-0.25, -0.2) is 0 Å². The topological polar surface area (TPSA) is 3.24 Å². The van der Waals surface area contributed by atoms with Crippen LogP contribution in [0.3, 0.4) is 0 Å². The van der Waals surface area contributed by atoms with Gasteiger partial charge in [0.15, 0.2) is 0 Å². The number of nitrogens with zero attached hydrogens (tertiary/aromatic N) is 1. The van der Waals surface area contributed by atoms with E-state index in [9.17, 15) is 0 Å². The molecule has 2 rings (SSSR count). The average molecular weight is 288 g/mol. The molecule has 0 N–H and O–H groups in total. The second kappa shape index (κ2) is 7.47. The Morgan fingerprint density at radius 2 is 1.60 bits per heavy atom. The summed E-state index contributed by atoms with van der Waals surface area (Å²) in [5.41, 5.74) is 3.88. The van der Waals surface area contributed by atoms with Crippen LogP contribution >= 0.6 is 11.6 Å². The highest BCUT2D eigenvalue weighted by Gasteiger charge is 2.02. The van der Waals surface area contributed by atoms with E-state index < -0.39 is 0 Å². The van der Waals surface area contributed by atoms with Crippen molar-refractivity contribution in [1.82, 2.24) is 4.90 Å². The van der Waals surface area contributed by atoms with Crippen molar-refractivity contribution < 1.29 is 0 Å². The SMILES string of the molecule is CCN(CC)CCc1cccc(-c2ccc(Cl)cc2)c1. The smallest absolute Gasteiger partial charge is 0.0406 e. The Kier molecular flexibility index (Phi) is 5.63. The van der Waals surface area contributed by atoms with Gasteiger partial charge in [0.2, 0.25) is 0 Å². The molecular weight excluding hydrogens is 266 g/mol. The first kappa shape index (κ1) is 15.1. The number of benzene rings is 2. The van der Waals surface area contributed by atoms with E-state index in [0.29, 0.717) is 0 Å². The van der Waals surface area contributed by atoms with Crippen molar-refractivity contribution in [2.75, 3.05) is 19.6 Å². The van der Waals surface area contributed by atoms with E-state index in [4.69, 9.17) is 11.6 Å². The molecular formula is C18H22ClN. The van der Waals surface area contributed by atoms with Gasteiger partial charge in [-0.05, 0) is 48.3 Å². The van der Waals surface area contributed by atoms with E-state index in [1.165, 1.54) is 16.7 Å². The number of likely N-dealkylation sites (N-methyl/N-ethyl adjacent to an activating group) is 1. The molecule has 0 bridgehead atoms. The van der Waals surface area contributed by atoms with Gasteiger partial charge in [-0.3, -0.25) is 0 Å². The zero-order valence-electron chi connectivity index (χ0n) is 12.3. The molecule has 20 heavy (non-hydrogen) atoms. The van der Waals surface area contributed by atoms with Crippen molar-refractivity contribution in [3.63, 3.8) is 0 Å². The van der Waals surface area contributed by atoms with Crippen LogP contribution < -0.4 is 0 Å². The molecule has 2 aromatic rings. The first-order valence-corrected chi connectivity index (χ1v) is 7.68. The van der Waals surface area contributed by atoms with Gasteiger partial charge in [0.05, 0.1) is 0 Å². The Morgan fingerprint density at radius 3 is 2.25 bits per heavy atom. The Labute approximate surface area is 127 Å². The molecule has 0 heterocycles. The van der Waals surface area contributed by atoms with E-state index >= 15 is 0 Å². The summed E-state index contributed by atoms with van der Waals surface area (Å²) in [6.07, 6.45) is 1.10. The minimum atomic E-state index is 0.784. The summed E-state index contributed by atoms with van der Waals surface area (Å²) in [5.74, 6) is 0. The van der Waals surface area contributed by atoms with Gasteiger partial charge in [0, 0.05) is 11.6 Å². The summed E-state index contributed by atoms with van der Waals surface area (Å²) in [6.45, 7) is 7.79. The molecule has 0 spiro atoms. The average Bonchev–Trinajstić information content (AvgIpc) is 2.49. The summed E-state index contributed by atoms with van der Waals surface area (Å²) in [6, 6.07) is 16.8. The van der Waals surface area contributed by atoms with Crippen molar-refractivity contribution in [2.45, 2.75) is 20.3 Å². The summed E-state index contributed by atoms with van der Waals surface area (Å²) < 4.78 is 0. The quantitative estimate of drug-likeness (QED) is 0.731. The maximum Gasteiger partial charge on any atom is 0.0406 e. The van der Waals surface area contributed by atoms with Gasteiger partial charge < -0.3 is 4.90 Å². The van der Waals surface area contributed by atoms with Crippen LogP contribution in [0.4, 0.5) is 0 Å². The number of halogens is 1. The molecule has 0 aliphatic heterocycles. The van der Waals surface area contributed by atoms with Crippen molar-refractivity contribution >= 4 is 11.6 Å². The predicted octanol–water partition coefficient (Wildman–Crippen LogP) is 4.89. The van der Waals surface area contributed by atoms with Crippen LogP contribution in [0, 0.1) is 0 Å². The van der Waals surface area contributed by atoms with Crippen LogP contribution in [-0.2, 0) is 6.42 Å². The number of hydrogen-bond acceptors (Lipinski definition) is 1. The van der Waals surface area contributed by atoms with Crippen molar-refractivity contribution in [3.05, 3.63) is 59.1 Å². The molecule has 0 fully saturated rings. The standard InChI is InChI=1S/C18H22ClN/c1-3-20(4-2)13-12-15-6-5-7-17(14-15)16-8-10-18(19)11-9-16/h5-11,14H,3-4,12-13H2,1-2H3. The molecule has 0 saturated carbocycles. The number of rotatable bonds is 6. The maximum absolute atomic E-state index is 5.94. The Morgan fingerprint density at radius 1 is 0.900 bits per heavy atom. The first-order chi connectivity index (χ1) is 9.72. The third-order valence-electron chi connectivity index (χ3n) is 3.72. The lowest BCUT2D eigenvalue weighted by Crippen LogP contribution is -2.25. The molecule has 106 valence electrons.